The number of ether oxygens (including phenoxy) is 2. The molecule has 0 spiro atoms. The summed E-state index contributed by atoms with van der Waals surface area (Å²) in [6.07, 6.45) is 8.03. The summed E-state index contributed by atoms with van der Waals surface area (Å²) < 4.78 is 32.4. The van der Waals surface area contributed by atoms with Gasteiger partial charge in [-0.05, 0) is 117 Å². The Bertz CT molecular complexity index is 2440. The van der Waals surface area contributed by atoms with Crippen molar-refractivity contribution in [3.63, 3.8) is 0 Å². The first-order valence-electron chi connectivity index (χ1n) is 21.6. The lowest BCUT2D eigenvalue weighted by molar-refractivity contribution is 0.153. The maximum absolute atomic E-state index is 12.7. The topological polar surface area (TPSA) is 182 Å². The van der Waals surface area contributed by atoms with E-state index in [-0.39, 0.29) is 22.9 Å². The number of fused-ring (bicyclic) bond motifs is 2. The molecule has 6 aromatic rings. The molecule has 0 amide bonds. The fourth-order valence-corrected chi connectivity index (χ4v) is 8.34. The monoisotopic (exact) mass is 977 g/mol. The molecule has 0 bridgehead atoms. The zero-order chi connectivity index (χ0) is 43.8. The van der Waals surface area contributed by atoms with Gasteiger partial charge < -0.3 is 35.5 Å². The largest absolute Gasteiger partial charge is 0.459 e. The molecule has 0 radical (unpaired) electrons. The third-order valence-corrected chi connectivity index (χ3v) is 13.2. The molecule has 18 heteroatoms. The van der Waals surface area contributed by atoms with Crippen molar-refractivity contribution in [3.05, 3.63) is 86.7 Å². The van der Waals surface area contributed by atoms with Crippen molar-refractivity contribution in [2.24, 2.45) is 0 Å². The molecule has 332 valence electrons. The van der Waals surface area contributed by atoms with Crippen LogP contribution in [0.25, 0.3) is 11.3 Å². The van der Waals surface area contributed by atoms with E-state index >= 15 is 0 Å². The summed E-state index contributed by atoms with van der Waals surface area (Å²) in [6.45, 7) is 19.2. The Labute approximate surface area is 380 Å². The van der Waals surface area contributed by atoms with Crippen molar-refractivity contribution in [3.8, 4) is 12.0 Å². The van der Waals surface area contributed by atoms with E-state index in [0.717, 1.165) is 85.5 Å². The number of halogens is 1. The smallest absolute Gasteiger partial charge is 0.322 e. The highest BCUT2D eigenvalue weighted by atomic mass is 127. The van der Waals surface area contributed by atoms with Gasteiger partial charge in [-0.2, -0.15) is 39.2 Å². The number of hydrogen-bond acceptors (Lipinski definition) is 13. The standard InChI is InChI=1S/C24H35N7O2S.C20H25IN6O/c1-16(2)19-15-27-31-21(19)28-23(33-18-10-8-12-25-14-18)29-22(31)26-13-17-9-6-7-11-20(17)30-34(32)24(3,4)5;1-13(2)16-12-24-27-18(16)25-20(28-15-7-5-9-22-11-15)26-19(27)23-10-14-6-3-4-8-17(14)21/h6-7,9,11,15-16,18,25,30H,8,10,12-14H2,1-5H3,(H,26,28,29);3-4,6,8,12-13,15,22H,5,7,9-11H2,1-2H3,(H,23,25,26)/t18-,34?;/m1./s1. The lowest BCUT2D eigenvalue weighted by atomic mass is 10.1. The van der Waals surface area contributed by atoms with Crippen LogP contribution in [0, 0.1) is 3.57 Å². The molecule has 2 saturated heterocycles. The molecular formula is C44H60IN13O3S. The van der Waals surface area contributed by atoms with Crippen LogP contribution in [-0.4, -0.2) is 86.5 Å². The fourth-order valence-electron chi connectivity index (χ4n) is 7.06. The lowest BCUT2D eigenvalue weighted by Gasteiger charge is -2.23. The van der Waals surface area contributed by atoms with Crippen LogP contribution < -0.4 is 35.5 Å². The number of benzene rings is 2. The van der Waals surface area contributed by atoms with E-state index in [1.165, 1.54) is 9.13 Å². The van der Waals surface area contributed by atoms with Crippen LogP contribution in [0.2, 0.25) is 0 Å². The predicted molar refractivity (Wildman–Crippen MR) is 255 cm³/mol. The van der Waals surface area contributed by atoms with Crippen LogP contribution in [-0.2, 0) is 24.1 Å². The maximum atomic E-state index is 12.7. The van der Waals surface area contributed by atoms with Crippen molar-refractivity contribution < 1.29 is 13.7 Å². The quantitative estimate of drug-likeness (QED) is 0.0680. The summed E-state index contributed by atoms with van der Waals surface area (Å²) >= 11 is 2.35. The van der Waals surface area contributed by atoms with Crippen molar-refractivity contribution in [1.29, 1.82) is 0 Å². The SMILES string of the molecule is CC(C)c1cnn2c(NCc3ccccc3I)nc(OC3CCCNC3)nc12.CC(C)c1cnn2c(NCc3ccccc3NS(=O)C(C)(C)C)nc(O[C@@H]3CCCNC3)nc12. The van der Waals surface area contributed by atoms with Gasteiger partial charge in [0, 0.05) is 40.9 Å². The Morgan fingerprint density at radius 2 is 1.23 bits per heavy atom. The summed E-state index contributed by atoms with van der Waals surface area (Å²) in [5.74, 6) is 1.79. The second-order valence-electron chi connectivity index (χ2n) is 17.3. The number of rotatable bonds is 14. The van der Waals surface area contributed by atoms with Gasteiger partial charge >= 0.3 is 12.0 Å². The van der Waals surface area contributed by atoms with Crippen molar-refractivity contribution >= 4 is 62.5 Å². The summed E-state index contributed by atoms with van der Waals surface area (Å²) in [6, 6.07) is 16.9. The number of piperidine rings is 2. The van der Waals surface area contributed by atoms with Gasteiger partial charge in [0.2, 0.25) is 11.9 Å². The third kappa shape index (κ3) is 11.5. The first-order valence-corrected chi connectivity index (χ1v) is 23.8. The maximum Gasteiger partial charge on any atom is 0.322 e. The minimum Gasteiger partial charge on any atom is -0.459 e. The molecule has 2 fully saturated rings. The molecule has 62 heavy (non-hydrogen) atoms. The van der Waals surface area contributed by atoms with Gasteiger partial charge in [0.15, 0.2) is 11.3 Å². The minimum atomic E-state index is -1.23. The second kappa shape index (κ2) is 20.7. The van der Waals surface area contributed by atoms with Gasteiger partial charge in [0.1, 0.15) is 23.2 Å². The molecule has 16 nitrogen and oxygen atoms in total. The van der Waals surface area contributed by atoms with Crippen LogP contribution >= 0.6 is 22.6 Å². The van der Waals surface area contributed by atoms with Crippen LogP contribution in [0.15, 0.2) is 60.9 Å². The average Bonchev–Trinajstić information content (AvgIpc) is 3.89. The molecule has 4 aromatic heterocycles. The zero-order valence-corrected chi connectivity index (χ0v) is 39.7. The molecule has 0 saturated carbocycles. The molecule has 5 N–H and O–H groups in total. The van der Waals surface area contributed by atoms with Crippen LogP contribution in [0.1, 0.15) is 108 Å². The molecule has 8 rings (SSSR count). The lowest BCUT2D eigenvalue weighted by Crippen LogP contribution is -2.37. The van der Waals surface area contributed by atoms with Crippen molar-refractivity contribution in [2.45, 2.75) is 116 Å². The third-order valence-electron chi connectivity index (χ3n) is 10.6. The predicted octanol–water partition coefficient (Wildman–Crippen LogP) is 7.46. The van der Waals surface area contributed by atoms with Crippen LogP contribution in [0.5, 0.6) is 12.0 Å². The molecule has 3 atom stereocenters. The van der Waals surface area contributed by atoms with Gasteiger partial charge in [0.25, 0.3) is 0 Å². The van der Waals surface area contributed by atoms with Gasteiger partial charge in [-0.15, -0.1) is 0 Å². The number of nitrogens with zero attached hydrogens (tertiary/aromatic N) is 8. The Hall–Kier alpha value is -4.66. The van der Waals surface area contributed by atoms with E-state index in [4.69, 9.17) is 14.5 Å². The van der Waals surface area contributed by atoms with E-state index in [1.807, 2.05) is 69.6 Å². The molecule has 0 aliphatic carbocycles. The molecule has 2 unspecified atom stereocenters. The number of aromatic nitrogens is 8. The summed E-state index contributed by atoms with van der Waals surface area (Å²) in [5.41, 5.74) is 6.68. The molecule has 2 aromatic carbocycles. The zero-order valence-electron chi connectivity index (χ0n) is 36.7. The number of anilines is 3. The number of nitrogens with one attached hydrogen (secondary N) is 5. The molecule has 6 heterocycles. The Balaban J connectivity index is 0.000000190. The summed E-state index contributed by atoms with van der Waals surface area (Å²) in [7, 11) is -1.23. The van der Waals surface area contributed by atoms with Crippen LogP contribution in [0.3, 0.4) is 0 Å². The van der Waals surface area contributed by atoms with E-state index in [0.29, 0.717) is 42.9 Å². The molecular weight excluding hydrogens is 918 g/mol. The van der Waals surface area contributed by atoms with E-state index in [2.05, 4.69) is 114 Å². The first-order chi connectivity index (χ1) is 29.8. The van der Waals surface area contributed by atoms with Gasteiger partial charge in [-0.1, -0.05) is 64.1 Å². The number of hydrogen-bond donors (Lipinski definition) is 5. The second-order valence-corrected chi connectivity index (χ2v) is 20.4. The highest BCUT2D eigenvalue weighted by Crippen LogP contribution is 2.27. The van der Waals surface area contributed by atoms with Crippen molar-refractivity contribution in [2.75, 3.05) is 41.5 Å². The molecule has 2 aliphatic heterocycles. The fraction of sp³-hybridized carbons (Fsp3) is 0.500. The number of para-hydroxylation sites is 1. The Morgan fingerprint density at radius 3 is 1.69 bits per heavy atom. The van der Waals surface area contributed by atoms with Crippen LogP contribution in [0.4, 0.5) is 17.6 Å². The first kappa shape index (κ1) is 45.4. The van der Waals surface area contributed by atoms with Gasteiger partial charge in [-0.25, -0.2) is 4.21 Å². The van der Waals surface area contributed by atoms with E-state index in [9.17, 15) is 4.21 Å². The van der Waals surface area contributed by atoms with Gasteiger partial charge in [0.05, 0.1) is 22.8 Å². The minimum absolute atomic E-state index is 0.0479. The Morgan fingerprint density at radius 1 is 0.742 bits per heavy atom. The van der Waals surface area contributed by atoms with E-state index in [1.54, 1.807) is 9.03 Å². The average molecular weight is 978 g/mol. The Kier molecular flexibility index (Phi) is 15.1. The normalized spacial score (nSPS) is 17.5. The summed E-state index contributed by atoms with van der Waals surface area (Å²) in [5, 5.41) is 22.6. The van der Waals surface area contributed by atoms with Crippen molar-refractivity contribution in [1.82, 2.24) is 49.8 Å². The summed E-state index contributed by atoms with van der Waals surface area (Å²) in [4.78, 5) is 18.7. The highest BCUT2D eigenvalue weighted by Gasteiger charge is 2.23. The molecule has 2 aliphatic rings. The van der Waals surface area contributed by atoms with E-state index < -0.39 is 11.0 Å². The highest BCUT2D eigenvalue weighted by molar-refractivity contribution is 14.1. The van der Waals surface area contributed by atoms with Gasteiger partial charge in [-0.3, -0.25) is 0 Å².